The molecule has 5 nitrogen and oxygen atoms in total. The molecule has 0 saturated heterocycles. The van der Waals surface area contributed by atoms with E-state index in [-0.39, 0.29) is 6.61 Å². The minimum Gasteiger partial charge on any atom is -0.460 e. The Labute approximate surface area is 166 Å². The van der Waals surface area contributed by atoms with E-state index in [1.807, 2.05) is 0 Å². The van der Waals surface area contributed by atoms with Gasteiger partial charge in [-0.25, -0.2) is 4.79 Å². The summed E-state index contributed by atoms with van der Waals surface area (Å²) in [7, 11) is 0. The molecule has 0 aliphatic carbocycles. The Kier molecular flexibility index (Phi) is 22.4. The summed E-state index contributed by atoms with van der Waals surface area (Å²) in [6.45, 7) is 9.27. The molecule has 27 heavy (non-hydrogen) atoms. The number of hydrogen-bond donors (Lipinski definition) is 0. The summed E-state index contributed by atoms with van der Waals surface area (Å²) >= 11 is 0. The van der Waals surface area contributed by atoms with Gasteiger partial charge in [0.1, 0.15) is 6.61 Å². The zero-order chi connectivity index (χ0) is 19.8. The van der Waals surface area contributed by atoms with Crippen LogP contribution < -0.4 is 0 Å². The summed E-state index contributed by atoms with van der Waals surface area (Å²) in [6, 6.07) is 0. The van der Waals surface area contributed by atoms with Crippen molar-refractivity contribution in [2.24, 2.45) is 0 Å². The summed E-state index contributed by atoms with van der Waals surface area (Å²) in [5.41, 5.74) is 0. The Morgan fingerprint density at radius 3 is 1.52 bits per heavy atom. The highest BCUT2D eigenvalue weighted by molar-refractivity contribution is 5.81. The van der Waals surface area contributed by atoms with Crippen molar-refractivity contribution in [3.63, 3.8) is 0 Å². The lowest BCUT2D eigenvalue weighted by molar-refractivity contribution is -0.139. The number of carbonyl (C=O) groups is 1. The molecule has 0 aromatic heterocycles. The van der Waals surface area contributed by atoms with Crippen LogP contribution >= 0.6 is 0 Å². The van der Waals surface area contributed by atoms with Gasteiger partial charge >= 0.3 is 5.97 Å². The molecule has 0 rings (SSSR count). The third-order valence-corrected chi connectivity index (χ3v) is 4.27. The van der Waals surface area contributed by atoms with Gasteiger partial charge in [0.25, 0.3) is 0 Å². The highest BCUT2D eigenvalue weighted by Gasteiger charge is 1.96. The first-order valence-corrected chi connectivity index (χ1v) is 10.8. The second kappa shape index (κ2) is 23.1. The lowest BCUT2D eigenvalue weighted by atomic mass is 10.1. The highest BCUT2D eigenvalue weighted by Crippen LogP contribution is 2.11. The van der Waals surface area contributed by atoms with Crippen molar-refractivity contribution in [3.05, 3.63) is 12.7 Å². The standard InChI is InChI=1S/C22H42O5/c1-3-5-6-7-8-9-10-11-12-13-14-15-24-16-17-25-18-19-26-20-21-27-22(23)4-2/h4H,2-3,5-21H2,1H3. The van der Waals surface area contributed by atoms with Crippen LogP contribution in [-0.2, 0) is 23.7 Å². The van der Waals surface area contributed by atoms with Crippen LogP contribution in [0.5, 0.6) is 0 Å². The smallest absolute Gasteiger partial charge is 0.330 e. The fraction of sp³-hybridized carbons (Fsp3) is 0.864. The van der Waals surface area contributed by atoms with Crippen molar-refractivity contribution in [3.8, 4) is 0 Å². The fourth-order valence-corrected chi connectivity index (χ4v) is 2.67. The lowest BCUT2D eigenvalue weighted by Crippen LogP contribution is -2.13. The van der Waals surface area contributed by atoms with Crippen LogP contribution in [0.1, 0.15) is 77.6 Å². The maximum Gasteiger partial charge on any atom is 0.330 e. The first kappa shape index (κ1) is 26.1. The maximum absolute atomic E-state index is 10.8. The highest BCUT2D eigenvalue weighted by atomic mass is 16.6. The van der Waals surface area contributed by atoms with Gasteiger partial charge in [0, 0.05) is 12.7 Å². The van der Waals surface area contributed by atoms with Crippen LogP contribution in [-0.4, -0.2) is 52.2 Å². The van der Waals surface area contributed by atoms with E-state index in [1.165, 1.54) is 64.2 Å². The third-order valence-electron chi connectivity index (χ3n) is 4.27. The summed E-state index contributed by atoms with van der Waals surface area (Å²) in [5.74, 6) is -0.426. The molecule has 0 heterocycles. The molecule has 0 aliphatic rings. The van der Waals surface area contributed by atoms with E-state index in [9.17, 15) is 4.79 Å². The van der Waals surface area contributed by atoms with Gasteiger partial charge in [-0.2, -0.15) is 0 Å². The van der Waals surface area contributed by atoms with Gasteiger partial charge in [0.05, 0.1) is 33.0 Å². The Morgan fingerprint density at radius 2 is 1.04 bits per heavy atom. The fourth-order valence-electron chi connectivity index (χ4n) is 2.67. The van der Waals surface area contributed by atoms with Crippen molar-refractivity contribution in [1.29, 1.82) is 0 Å². The number of rotatable bonds is 22. The molecule has 0 saturated carbocycles. The number of carbonyl (C=O) groups excluding carboxylic acids is 1. The normalized spacial score (nSPS) is 10.9. The molecule has 0 amide bonds. The van der Waals surface area contributed by atoms with Gasteiger partial charge in [0.2, 0.25) is 0 Å². The average molecular weight is 387 g/mol. The van der Waals surface area contributed by atoms with Crippen LogP contribution in [0.3, 0.4) is 0 Å². The maximum atomic E-state index is 10.8. The predicted molar refractivity (Wildman–Crippen MR) is 110 cm³/mol. The SMILES string of the molecule is C=CC(=O)OCCOCCOCCOCCCCCCCCCCCCC. The van der Waals surface area contributed by atoms with Crippen molar-refractivity contribution in [1.82, 2.24) is 0 Å². The molecule has 0 N–H and O–H groups in total. The van der Waals surface area contributed by atoms with Gasteiger partial charge < -0.3 is 18.9 Å². The summed E-state index contributed by atoms with van der Waals surface area (Å²) < 4.78 is 21.0. The predicted octanol–water partition coefficient (Wildman–Crippen LogP) is 5.08. The van der Waals surface area contributed by atoms with Gasteiger partial charge in [0.15, 0.2) is 0 Å². The van der Waals surface area contributed by atoms with E-state index in [1.54, 1.807) is 0 Å². The first-order valence-electron chi connectivity index (χ1n) is 10.8. The molecule has 0 aliphatic heterocycles. The van der Waals surface area contributed by atoms with Crippen molar-refractivity contribution >= 4 is 5.97 Å². The second-order valence-electron chi connectivity index (χ2n) is 6.74. The zero-order valence-electron chi connectivity index (χ0n) is 17.6. The van der Waals surface area contributed by atoms with Gasteiger partial charge in [-0.05, 0) is 6.42 Å². The molecule has 160 valence electrons. The summed E-state index contributed by atoms with van der Waals surface area (Å²) in [4.78, 5) is 10.8. The number of hydrogen-bond acceptors (Lipinski definition) is 5. The molecular weight excluding hydrogens is 344 g/mol. The van der Waals surface area contributed by atoms with E-state index in [0.29, 0.717) is 33.0 Å². The van der Waals surface area contributed by atoms with Crippen LogP contribution in [0.25, 0.3) is 0 Å². The van der Waals surface area contributed by atoms with Crippen molar-refractivity contribution in [2.45, 2.75) is 77.6 Å². The van der Waals surface area contributed by atoms with E-state index < -0.39 is 5.97 Å². The van der Waals surface area contributed by atoms with Crippen molar-refractivity contribution in [2.75, 3.05) is 46.2 Å². The van der Waals surface area contributed by atoms with Crippen LogP contribution in [0.4, 0.5) is 0 Å². The molecule has 5 heteroatoms. The minimum absolute atomic E-state index is 0.243. The molecule has 0 radical (unpaired) electrons. The second-order valence-corrected chi connectivity index (χ2v) is 6.74. The number of ether oxygens (including phenoxy) is 4. The Morgan fingerprint density at radius 1 is 0.630 bits per heavy atom. The Bertz CT molecular complexity index is 320. The Hall–Kier alpha value is -0.910. The molecule has 0 atom stereocenters. The minimum atomic E-state index is -0.426. The molecular formula is C22H42O5. The summed E-state index contributed by atoms with van der Waals surface area (Å²) in [6.07, 6.45) is 16.0. The monoisotopic (exact) mass is 386 g/mol. The quantitative estimate of drug-likeness (QED) is 0.148. The van der Waals surface area contributed by atoms with Crippen LogP contribution in [0.15, 0.2) is 12.7 Å². The first-order chi connectivity index (χ1) is 13.3. The van der Waals surface area contributed by atoms with Gasteiger partial charge in [-0.15, -0.1) is 0 Å². The lowest BCUT2D eigenvalue weighted by Gasteiger charge is -2.07. The van der Waals surface area contributed by atoms with Gasteiger partial charge in [-0.3, -0.25) is 0 Å². The number of esters is 1. The average Bonchev–Trinajstić information content (AvgIpc) is 2.68. The molecule has 0 bridgehead atoms. The van der Waals surface area contributed by atoms with Crippen LogP contribution in [0.2, 0.25) is 0 Å². The molecule has 0 unspecified atom stereocenters. The molecule has 0 aromatic carbocycles. The van der Waals surface area contributed by atoms with Gasteiger partial charge in [-0.1, -0.05) is 77.7 Å². The van der Waals surface area contributed by atoms with Crippen molar-refractivity contribution < 1.29 is 23.7 Å². The topological polar surface area (TPSA) is 54.0 Å². The zero-order valence-corrected chi connectivity index (χ0v) is 17.6. The Balaban J connectivity index is 3.01. The van der Waals surface area contributed by atoms with E-state index in [2.05, 4.69) is 13.5 Å². The number of unbranched alkanes of at least 4 members (excludes halogenated alkanes) is 10. The summed E-state index contributed by atoms with van der Waals surface area (Å²) in [5, 5.41) is 0. The molecule has 0 aromatic rings. The van der Waals surface area contributed by atoms with E-state index in [0.717, 1.165) is 19.1 Å². The molecule has 0 fully saturated rings. The van der Waals surface area contributed by atoms with E-state index >= 15 is 0 Å². The third kappa shape index (κ3) is 23.1. The van der Waals surface area contributed by atoms with Crippen LogP contribution in [0, 0.1) is 0 Å². The van der Waals surface area contributed by atoms with E-state index in [4.69, 9.17) is 18.9 Å². The largest absolute Gasteiger partial charge is 0.460 e. The molecule has 0 spiro atoms.